The molecule has 0 spiro atoms. The standard InChI is InChI=1S/C17H18N4O2S/c1-11(16(22)18-9-8-12-5-4-10-24-12)19-17(23)15-13-6-2-3-7-14(13)20-21-15/h2-7,10-11H,8-9H2,1H3,(H,18,22)(H,19,23)(H,20,21)/t11-/m0/s1. The quantitative estimate of drug-likeness (QED) is 0.641. The molecule has 3 N–H and O–H groups in total. The highest BCUT2D eigenvalue weighted by Crippen LogP contribution is 2.14. The number of thiophene rings is 1. The molecule has 6 nitrogen and oxygen atoms in total. The van der Waals surface area contributed by atoms with Gasteiger partial charge in [-0.2, -0.15) is 5.10 Å². The highest BCUT2D eigenvalue weighted by atomic mass is 32.1. The lowest BCUT2D eigenvalue weighted by Gasteiger charge is -2.13. The molecule has 24 heavy (non-hydrogen) atoms. The Kier molecular flexibility index (Phi) is 4.90. The average molecular weight is 342 g/mol. The van der Waals surface area contributed by atoms with Crippen molar-refractivity contribution in [2.24, 2.45) is 0 Å². The molecule has 0 aliphatic heterocycles. The fourth-order valence-electron chi connectivity index (χ4n) is 2.38. The highest BCUT2D eigenvalue weighted by molar-refractivity contribution is 7.09. The van der Waals surface area contributed by atoms with Gasteiger partial charge in [-0.25, -0.2) is 0 Å². The number of aromatic amines is 1. The molecular formula is C17H18N4O2S. The maximum Gasteiger partial charge on any atom is 0.273 e. The number of hydrogen-bond acceptors (Lipinski definition) is 4. The van der Waals surface area contributed by atoms with Crippen molar-refractivity contribution in [1.82, 2.24) is 20.8 Å². The summed E-state index contributed by atoms with van der Waals surface area (Å²) >= 11 is 1.66. The van der Waals surface area contributed by atoms with Gasteiger partial charge in [0.15, 0.2) is 5.69 Å². The smallest absolute Gasteiger partial charge is 0.273 e. The molecule has 0 bridgehead atoms. The van der Waals surface area contributed by atoms with Gasteiger partial charge >= 0.3 is 0 Å². The molecule has 0 fully saturated rings. The average Bonchev–Trinajstić information content (AvgIpc) is 3.24. The molecule has 124 valence electrons. The van der Waals surface area contributed by atoms with E-state index in [1.165, 1.54) is 4.88 Å². The first-order valence-electron chi connectivity index (χ1n) is 7.69. The zero-order valence-corrected chi connectivity index (χ0v) is 14.0. The van der Waals surface area contributed by atoms with Crippen LogP contribution in [0.5, 0.6) is 0 Å². The van der Waals surface area contributed by atoms with Gasteiger partial charge < -0.3 is 10.6 Å². The van der Waals surface area contributed by atoms with Crippen LogP contribution in [0, 0.1) is 0 Å². The van der Waals surface area contributed by atoms with Crippen molar-refractivity contribution in [1.29, 1.82) is 0 Å². The van der Waals surface area contributed by atoms with E-state index in [1.807, 2.05) is 41.8 Å². The number of rotatable bonds is 6. The van der Waals surface area contributed by atoms with E-state index in [0.29, 0.717) is 12.2 Å². The molecule has 1 aromatic carbocycles. The number of H-pyrrole nitrogens is 1. The Hall–Kier alpha value is -2.67. The fourth-order valence-corrected chi connectivity index (χ4v) is 3.09. The third-order valence-electron chi connectivity index (χ3n) is 3.68. The number of carbonyl (C=O) groups is 2. The summed E-state index contributed by atoms with van der Waals surface area (Å²) in [6.45, 7) is 2.21. The van der Waals surface area contributed by atoms with Crippen LogP contribution < -0.4 is 10.6 Å². The summed E-state index contributed by atoms with van der Waals surface area (Å²) in [6.07, 6.45) is 0.786. The first-order chi connectivity index (χ1) is 11.6. The van der Waals surface area contributed by atoms with Gasteiger partial charge in [-0.3, -0.25) is 14.7 Å². The minimum absolute atomic E-state index is 0.209. The minimum atomic E-state index is -0.628. The minimum Gasteiger partial charge on any atom is -0.354 e. The van der Waals surface area contributed by atoms with E-state index in [9.17, 15) is 9.59 Å². The van der Waals surface area contributed by atoms with E-state index in [0.717, 1.165) is 17.3 Å². The first-order valence-corrected chi connectivity index (χ1v) is 8.57. The molecule has 1 atom stereocenters. The monoisotopic (exact) mass is 342 g/mol. The van der Waals surface area contributed by atoms with Crippen molar-refractivity contribution < 1.29 is 9.59 Å². The first kappa shape index (κ1) is 16.2. The zero-order valence-electron chi connectivity index (χ0n) is 13.2. The fraction of sp³-hybridized carbons (Fsp3) is 0.235. The second kappa shape index (κ2) is 7.27. The van der Waals surface area contributed by atoms with Crippen molar-refractivity contribution >= 4 is 34.1 Å². The summed E-state index contributed by atoms with van der Waals surface area (Å²) in [5, 5.41) is 15.1. The maximum atomic E-state index is 12.3. The lowest BCUT2D eigenvalue weighted by atomic mass is 10.2. The Labute approximate surface area is 143 Å². The highest BCUT2D eigenvalue weighted by Gasteiger charge is 2.19. The van der Waals surface area contributed by atoms with Gasteiger partial charge in [0.25, 0.3) is 5.91 Å². The second-order valence-electron chi connectivity index (χ2n) is 5.43. The number of benzene rings is 1. The molecule has 0 saturated carbocycles. The lowest BCUT2D eigenvalue weighted by Crippen LogP contribution is -2.45. The van der Waals surface area contributed by atoms with Gasteiger partial charge in [-0.05, 0) is 30.9 Å². The summed E-state index contributed by atoms with van der Waals surface area (Å²) in [6, 6.07) is 10.8. The van der Waals surface area contributed by atoms with Gasteiger partial charge in [-0.15, -0.1) is 11.3 Å². The van der Waals surface area contributed by atoms with Gasteiger partial charge in [-0.1, -0.05) is 24.3 Å². The largest absolute Gasteiger partial charge is 0.354 e. The van der Waals surface area contributed by atoms with Crippen molar-refractivity contribution in [3.05, 3.63) is 52.3 Å². The summed E-state index contributed by atoms with van der Waals surface area (Å²) in [5.74, 6) is -0.576. The van der Waals surface area contributed by atoms with Crippen LogP contribution in [0.2, 0.25) is 0 Å². The molecule has 0 aliphatic carbocycles. The van der Waals surface area contributed by atoms with Crippen LogP contribution in [0.1, 0.15) is 22.3 Å². The van der Waals surface area contributed by atoms with Crippen LogP contribution in [-0.4, -0.2) is 34.6 Å². The third kappa shape index (κ3) is 3.62. The SMILES string of the molecule is C[C@H](NC(=O)c1n[nH]c2ccccc12)C(=O)NCCc1cccs1. The Balaban J connectivity index is 1.54. The number of fused-ring (bicyclic) bond motifs is 1. The summed E-state index contributed by atoms with van der Waals surface area (Å²) in [5.41, 5.74) is 1.08. The van der Waals surface area contributed by atoms with Crippen LogP contribution >= 0.6 is 11.3 Å². The molecule has 0 saturated heterocycles. The molecule has 0 unspecified atom stereocenters. The summed E-state index contributed by atoms with van der Waals surface area (Å²) in [4.78, 5) is 25.6. The molecule has 3 aromatic rings. The van der Waals surface area contributed by atoms with Gasteiger partial charge in [0.2, 0.25) is 5.91 Å². The van der Waals surface area contributed by atoms with Gasteiger partial charge in [0.1, 0.15) is 6.04 Å². The third-order valence-corrected chi connectivity index (χ3v) is 4.61. The Morgan fingerprint density at radius 1 is 1.25 bits per heavy atom. The van der Waals surface area contributed by atoms with Crippen molar-refractivity contribution in [2.45, 2.75) is 19.4 Å². The molecule has 7 heteroatoms. The molecule has 2 amide bonds. The van der Waals surface area contributed by atoms with E-state index < -0.39 is 6.04 Å². The second-order valence-corrected chi connectivity index (χ2v) is 6.47. The summed E-state index contributed by atoms with van der Waals surface area (Å²) in [7, 11) is 0. The van der Waals surface area contributed by atoms with Crippen LogP contribution in [0.3, 0.4) is 0 Å². The molecule has 0 aliphatic rings. The molecule has 0 radical (unpaired) electrons. The van der Waals surface area contributed by atoms with E-state index in [4.69, 9.17) is 0 Å². The van der Waals surface area contributed by atoms with Crippen LogP contribution in [0.4, 0.5) is 0 Å². The number of para-hydroxylation sites is 1. The van der Waals surface area contributed by atoms with E-state index in [-0.39, 0.29) is 11.8 Å². The number of hydrogen-bond donors (Lipinski definition) is 3. The number of aromatic nitrogens is 2. The number of carbonyl (C=O) groups excluding carboxylic acids is 2. The van der Waals surface area contributed by atoms with E-state index in [2.05, 4.69) is 20.8 Å². The van der Waals surface area contributed by atoms with Crippen LogP contribution in [0.15, 0.2) is 41.8 Å². The molecule has 2 aromatic heterocycles. The maximum absolute atomic E-state index is 12.3. The topological polar surface area (TPSA) is 86.9 Å². The molecular weight excluding hydrogens is 324 g/mol. The molecule has 3 rings (SSSR count). The lowest BCUT2D eigenvalue weighted by molar-refractivity contribution is -0.122. The predicted octanol–water partition coefficient (Wildman–Crippen LogP) is 2.10. The predicted molar refractivity (Wildman–Crippen MR) is 94.1 cm³/mol. The number of nitrogens with zero attached hydrogens (tertiary/aromatic N) is 1. The van der Waals surface area contributed by atoms with E-state index >= 15 is 0 Å². The van der Waals surface area contributed by atoms with E-state index in [1.54, 1.807) is 18.3 Å². The Morgan fingerprint density at radius 3 is 2.88 bits per heavy atom. The van der Waals surface area contributed by atoms with Crippen molar-refractivity contribution in [2.75, 3.05) is 6.54 Å². The number of nitrogens with one attached hydrogen (secondary N) is 3. The van der Waals surface area contributed by atoms with Gasteiger partial charge in [0, 0.05) is 16.8 Å². The van der Waals surface area contributed by atoms with Crippen LogP contribution in [0.25, 0.3) is 10.9 Å². The normalized spacial score (nSPS) is 12.0. The summed E-state index contributed by atoms with van der Waals surface area (Å²) < 4.78 is 0. The Morgan fingerprint density at radius 2 is 2.08 bits per heavy atom. The Bertz CT molecular complexity index is 841. The van der Waals surface area contributed by atoms with Crippen molar-refractivity contribution in [3.63, 3.8) is 0 Å². The van der Waals surface area contributed by atoms with Crippen LogP contribution in [-0.2, 0) is 11.2 Å². The number of amides is 2. The van der Waals surface area contributed by atoms with Crippen molar-refractivity contribution in [3.8, 4) is 0 Å². The van der Waals surface area contributed by atoms with Gasteiger partial charge in [0.05, 0.1) is 5.52 Å². The zero-order chi connectivity index (χ0) is 16.9. The molecule has 2 heterocycles.